The second-order valence-electron chi connectivity index (χ2n) is 9.66. The summed E-state index contributed by atoms with van der Waals surface area (Å²) in [5.41, 5.74) is 0.793. The second-order valence-corrected chi connectivity index (χ2v) is 9.66. The Morgan fingerprint density at radius 1 is 1.12 bits per heavy atom. The van der Waals surface area contributed by atoms with Crippen molar-refractivity contribution in [2.75, 3.05) is 26.7 Å². The van der Waals surface area contributed by atoms with Crippen molar-refractivity contribution in [3.05, 3.63) is 71.3 Å². The molecule has 3 aliphatic heterocycles. The van der Waals surface area contributed by atoms with E-state index in [0.717, 1.165) is 43.8 Å². The molecule has 3 heterocycles. The molecule has 33 heavy (non-hydrogen) atoms. The van der Waals surface area contributed by atoms with Gasteiger partial charge in [-0.1, -0.05) is 30.3 Å². The molecule has 0 radical (unpaired) electrons. The van der Waals surface area contributed by atoms with Gasteiger partial charge in [-0.2, -0.15) is 5.10 Å². The van der Waals surface area contributed by atoms with Gasteiger partial charge in [0.25, 0.3) is 0 Å². The van der Waals surface area contributed by atoms with Crippen LogP contribution in [0.2, 0.25) is 0 Å². The molecule has 2 unspecified atom stereocenters. The van der Waals surface area contributed by atoms with E-state index < -0.39 is 17.2 Å². The van der Waals surface area contributed by atoms with E-state index in [1.165, 1.54) is 24.4 Å². The van der Waals surface area contributed by atoms with Gasteiger partial charge in [0.2, 0.25) is 5.91 Å². The molecule has 1 amide bonds. The number of halogens is 2. The number of piperazine rings is 1. The summed E-state index contributed by atoms with van der Waals surface area (Å²) in [5.74, 6) is -1.25. The van der Waals surface area contributed by atoms with Gasteiger partial charge in [0.05, 0.1) is 11.3 Å². The highest BCUT2D eigenvalue weighted by molar-refractivity contribution is 6.03. The maximum Gasteiger partial charge on any atom is 0.240 e. The minimum absolute atomic E-state index is 0.124. The average molecular weight is 453 g/mol. The standard InChI is InChI=1S/C26H30F2N4O/c1-18(33)32-26(19-7-4-3-5-8-19,11-6-12-31-17-21-14-22(31)16-30(21)2)15-25(29-32)23-13-20(27)9-10-24(23)28/h3-5,7-10,13,21-22H,6,11-12,14-17H2,1-2H3/t21?,22?,26-/m1/s1. The van der Waals surface area contributed by atoms with E-state index in [1.54, 1.807) is 0 Å². The molecule has 0 N–H and O–H groups in total. The Morgan fingerprint density at radius 3 is 2.58 bits per heavy atom. The van der Waals surface area contributed by atoms with Crippen molar-refractivity contribution < 1.29 is 13.6 Å². The summed E-state index contributed by atoms with van der Waals surface area (Å²) < 4.78 is 28.6. The van der Waals surface area contributed by atoms with E-state index in [-0.39, 0.29) is 11.5 Å². The summed E-state index contributed by atoms with van der Waals surface area (Å²) in [7, 11) is 2.19. The molecule has 3 aliphatic rings. The number of hydrogen-bond acceptors (Lipinski definition) is 4. The first-order valence-corrected chi connectivity index (χ1v) is 11.7. The predicted octanol–water partition coefficient (Wildman–Crippen LogP) is 3.99. The van der Waals surface area contributed by atoms with Crippen LogP contribution in [0.15, 0.2) is 53.6 Å². The minimum atomic E-state index is -0.712. The normalized spacial score (nSPS) is 27.4. The van der Waals surface area contributed by atoms with Gasteiger partial charge in [-0.3, -0.25) is 9.69 Å². The number of carbonyl (C=O) groups excluding carboxylic acids is 1. The van der Waals surface area contributed by atoms with Crippen molar-refractivity contribution in [3.8, 4) is 0 Å². The molecule has 2 fully saturated rings. The molecule has 0 aliphatic carbocycles. The van der Waals surface area contributed by atoms with Crippen LogP contribution in [0.25, 0.3) is 0 Å². The highest BCUT2D eigenvalue weighted by Gasteiger charge is 2.47. The minimum Gasteiger partial charge on any atom is -0.301 e. The first-order valence-electron chi connectivity index (χ1n) is 11.7. The van der Waals surface area contributed by atoms with Crippen molar-refractivity contribution in [2.24, 2.45) is 5.10 Å². The van der Waals surface area contributed by atoms with Gasteiger partial charge in [0.15, 0.2) is 0 Å². The SMILES string of the molecule is CC(=O)N1N=C(c2cc(F)ccc2F)C[C@]1(CCCN1CC2CC1CN2C)c1ccccc1. The molecule has 0 saturated carbocycles. The number of likely N-dealkylation sites (N-methyl/N-ethyl adjacent to an activating group) is 1. The summed E-state index contributed by atoms with van der Waals surface area (Å²) in [6, 6.07) is 14.5. The zero-order chi connectivity index (χ0) is 23.2. The molecule has 2 bridgehead atoms. The Hall–Kier alpha value is -2.64. The molecule has 5 nitrogen and oxygen atoms in total. The van der Waals surface area contributed by atoms with Crippen LogP contribution in [0.1, 0.15) is 43.7 Å². The number of nitrogens with zero attached hydrogens (tertiary/aromatic N) is 4. The number of benzene rings is 2. The topological polar surface area (TPSA) is 39.2 Å². The molecule has 5 rings (SSSR count). The molecule has 2 aromatic rings. The van der Waals surface area contributed by atoms with Crippen LogP contribution >= 0.6 is 0 Å². The van der Waals surface area contributed by atoms with Crippen molar-refractivity contribution >= 4 is 11.6 Å². The van der Waals surface area contributed by atoms with Crippen molar-refractivity contribution in [3.63, 3.8) is 0 Å². The molecule has 2 saturated heterocycles. The fourth-order valence-corrected chi connectivity index (χ4v) is 5.95. The fraction of sp³-hybridized carbons (Fsp3) is 0.462. The van der Waals surface area contributed by atoms with Gasteiger partial charge in [-0.15, -0.1) is 0 Å². The van der Waals surface area contributed by atoms with E-state index in [4.69, 9.17) is 0 Å². The molecular formula is C26H30F2N4O. The monoisotopic (exact) mass is 452 g/mol. The lowest BCUT2D eigenvalue weighted by Crippen LogP contribution is -2.46. The summed E-state index contributed by atoms with van der Waals surface area (Å²) in [6.07, 6.45) is 3.17. The van der Waals surface area contributed by atoms with Crippen LogP contribution < -0.4 is 0 Å². The first-order chi connectivity index (χ1) is 15.9. The Balaban J connectivity index is 1.43. The van der Waals surface area contributed by atoms with Crippen LogP contribution in [0, 0.1) is 11.6 Å². The Morgan fingerprint density at radius 2 is 1.91 bits per heavy atom. The first kappa shape index (κ1) is 22.2. The Labute approximate surface area is 193 Å². The van der Waals surface area contributed by atoms with Crippen LogP contribution in [0.5, 0.6) is 0 Å². The number of rotatable bonds is 6. The van der Waals surface area contributed by atoms with E-state index in [1.807, 2.05) is 30.3 Å². The number of amides is 1. The van der Waals surface area contributed by atoms with Gasteiger partial charge < -0.3 is 4.90 Å². The van der Waals surface area contributed by atoms with Crippen LogP contribution in [0.3, 0.4) is 0 Å². The molecular weight excluding hydrogens is 422 g/mol. The molecule has 3 atom stereocenters. The molecule has 0 spiro atoms. The van der Waals surface area contributed by atoms with Crippen LogP contribution in [-0.4, -0.2) is 65.2 Å². The smallest absolute Gasteiger partial charge is 0.240 e. The number of likely N-dealkylation sites (tertiary alicyclic amines) is 2. The summed E-state index contributed by atoms with van der Waals surface area (Å²) in [4.78, 5) is 17.8. The number of hydrogen-bond donors (Lipinski definition) is 0. The summed E-state index contributed by atoms with van der Waals surface area (Å²) in [6.45, 7) is 4.65. The van der Waals surface area contributed by atoms with Gasteiger partial charge >= 0.3 is 0 Å². The molecule has 174 valence electrons. The average Bonchev–Trinajstić information content (AvgIpc) is 3.49. The van der Waals surface area contributed by atoms with Gasteiger partial charge in [-0.25, -0.2) is 13.8 Å². The van der Waals surface area contributed by atoms with Gasteiger partial charge in [-0.05, 0) is 56.6 Å². The fourth-order valence-electron chi connectivity index (χ4n) is 5.95. The third-order valence-corrected chi connectivity index (χ3v) is 7.60. The lowest BCUT2D eigenvalue weighted by atomic mass is 9.80. The van der Waals surface area contributed by atoms with E-state index in [9.17, 15) is 13.6 Å². The third kappa shape index (κ3) is 3.97. The maximum absolute atomic E-state index is 14.6. The largest absolute Gasteiger partial charge is 0.301 e. The lowest BCUT2D eigenvalue weighted by Gasteiger charge is -2.38. The van der Waals surface area contributed by atoms with Crippen LogP contribution in [0.4, 0.5) is 8.78 Å². The summed E-state index contributed by atoms with van der Waals surface area (Å²) >= 11 is 0. The Bertz CT molecular complexity index is 1070. The quantitative estimate of drug-likeness (QED) is 0.666. The van der Waals surface area contributed by atoms with Crippen molar-refractivity contribution in [1.29, 1.82) is 0 Å². The second kappa shape index (κ2) is 8.61. The number of fused-ring (bicyclic) bond motifs is 2. The van der Waals surface area contributed by atoms with Crippen LogP contribution in [-0.2, 0) is 10.3 Å². The number of carbonyl (C=O) groups is 1. The van der Waals surface area contributed by atoms with E-state index >= 15 is 0 Å². The highest BCUT2D eigenvalue weighted by atomic mass is 19.1. The lowest BCUT2D eigenvalue weighted by molar-refractivity contribution is -0.135. The predicted molar refractivity (Wildman–Crippen MR) is 124 cm³/mol. The number of hydrazone groups is 1. The van der Waals surface area contributed by atoms with Gasteiger partial charge in [0.1, 0.15) is 11.6 Å². The Kier molecular flexibility index (Phi) is 5.79. The molecule has 7 heteroatoms. The zero-order valence-corrected chi connectivity index (χ0v) is 19.2. The van der Waals surface area contributed by atoms with E-state index in [2.05, 4.69) is 21.9 Å². The summed E-state index contributed by atoms with van der Waals surface area (Å²) in [5, 5.41) is 6.07. The van der Waals surface area contributed by atoms with Crippen molar-refractivity contribution in [1.82, 2.24) is 14.8 Å². The molecule has 2 aromatic carbocycles. The third-order valence-electron chi connectivity index (χ3n) is 7.60. The van der Waals surface area contributed by atoms with Crippen molar-refractivity contribution in [2.45, 2.75) is 50.2 Å². The van der Waals surface area contributed by atoms with E-state index in [0.29, 0.717) is 30.6 Å². The highest BCUT2D eigenvalue weighted by Crippen LogP contribution is 2.43. The van der Waals surface area contributed by atoms with Gasteiger partial charge in [0, 0.05) is 44.1 Å². The maximum atomic E-state index is 14.6. The molecule has 0 aromatic heterocycles. The zero-order valence-electron chi connectivity index (χ0n) is 19.2.